The number of aromatic nitrogens is 14. The van der Waals surface area contributed by atoms with Gasteiger partial charge in [-0.15, -0.1) is 0 Å². The van der Waals surface area contributed by atoms with Crippen LogP contribution in [0.25, 0.3) is 11.2 Å². The number of aliphatic imine (C=N–C) groups is 1. The second kappa shape index (κ2) is 48.2. The normalized spacial score (nSPS) is 19.7. The summed E-state index contributed by atoms with van der Waals surface area (Å²) in [7, 11) is 0. The molecule has 24 nitrogen and oxygen atoms in total. The number of carbonyl (C=O) groups is 4. The molecule has 7 aromatic heterocycles. The molecular formula is C113H141N19O5S. The first-order chi connectivity index (χ1) is 65.4. The van der Waals surface area contributed by atoms with Crippen LogP contribution < -0.4 is 21.7 Å². The van der Waals surface area contributed by atoms with Gasteiger partial charge in [0, 0.05) is 92.1 Å². The molecule has 1 aromatic carbocycles. The summed E-state index contributed by atoms with van der Waals surface area (Å²) in [6.45, 7) is 49.3. The van der Waals surface area contributed by atoms with Gasteiger partial charge < -0.3 is 50.0 Å². The smallest absolute Gasteiger partial charge is 0.258 e. The minimum absolute atomic E-state index is 0.00835. The summed E-state index contributed by atoms with van der Waals surface area (Å²) in [6, 6.07) is 8.11. The lowest BCUT2D eigenvalue weighted by Crippen LogP contribution is -2.39. The van der Waals surface area contributed by atoms with Crippen molar-refractivity contribution in [1.82, 2.24) is 73.0 Å². The zero-order chi connectivity index (χ0) is 100. The van der Waals surface area contributed by atoms with Crippen molar-refractivity contribution in [3.05, 3.63) is 357 Å². The van der Waals surface area contributed by atoms with Crippen LogP contribution in [0.15, 0.2) is 352 Å². The molecule has 4 unspecified atom stereocenters. The third-order valence-corrected chi connectivity index (χ3v) is 26.1. The number of carbonyl (C=O) groups excluding carboxylic acids is 4. The van der Waals surface area contributed by atoms with E-state index in [0.29, 0.717) is 58.9 Å². The number of hydrogen-bond acceptors (Lipinski definition) is 16. The quantitative estimate of drug-likeness (QED) is 0.0127. The monoisotopic (exact) mass is 1880 g/mol. The van der Waals surface area contributed by atoms with E-state index >= 15 is 0 Å². The lowest BCUT2D eigenvalue weighted by Gasteiger charge is -2.38. The molecule has 0 saturated heterocycles. The largest absolute Gasteiger partial charge is 0.506 e. The van der Waals surface area contributed by atoms with Crippen molar-refractivity contribution in [2.75, 3.05) is 16.4 Å². The maximum atomic E-state index is 12.8. The van der Waals surface area contributed by atoms with E-state index in [2.05, 4.69) is 262 Å². The molecule has 3 amide bonds. The van der Waals surface area contributed by atoms with Crippen molar-refractivity contribution in [3.63, 3.8) is 0 Å². The standard InChI is InChI=1S/C29H34N6O.C29H35N3O2.C28H33N7OS.C27H39N3O/c1-20(9-10-23-22(3)25(11-13-29(23,4)5)35-16-15-30-19-35)7-6-8-21(2)17-26(36)34-28-27-24(12-14-31-27)32-18-33-28;1-21(9-8-10-22(2)19-28(34)31-25-11-6-7-12-27(25)33)13-14-24-23(3)26(15-16-29(24,4)5)32-18-17-30-20-32;1-18(9-10-21-20(3)22(11-12-28(21,4)5)34-14-13-30-17-34)7-6-8-19(2)15-23(36)35-26(37)24-25(32-16-31-24)33-27(35)29;1-20(10-9-11-21(2)18-25(31)29-26(4,5)6)12-13-23-22(3)24(14-15-27(23,7)8)30-17-16-28-19-30/h6-10,14-19,25H,11-13H2,1-5H3,(H,32,33,34,36);6-14,17-20,26,33H,15-16H2,1-5H3,(H,31,34);6-10,13-17,22H,11-12H2,1-5H3,(H2,29,33)(H,31,32);9-13,16-19,24H,14-15H2,1-8H3,(H,29,31)/b8-6+,10-9+,20-7+,21-17+;10-8+,14-13+,21-9+,22-19+;8-6+,10-9+,18-7+,19-15+;11-9+,13-12+,20-10+,21-18+. The van der Waals surface area contributed by atoms with Crippen LogP contribution in [-0.2, 0) is 20.8 Å². The number of para-hydroxylation sites is 2. The highest BCUT2D eigenvalue weighted by molar-refractivity contribution is 7.71. The van der Waals surface area contributed by atoms with Gasteiger partial charge in [0.05, 0.1) is 67.2 Å². The molecule has 4 aliphatic carbocycles. The summed E-state index contributed by atoms with van der Waals surface area (Å²) >= 11 is 5.40. The van der Waals surface area contributed by atoms with E-state index in [1.165, 1.54) is 85.6 Å². The second-order valence-corrected chi connectivity index (χ2v) is 40.4. The number of anilines is 3. The number of phenols is 1. The summed E-state index contributed by atoms with van der Waals surface area (Å²) in [5.41, 5.74) is 28.0. The molecule has 0 fully saturated rings. The first-order valence-corrected chi connectivity index (χ1v) is 47.7. The molecule has 8 aromatic rings. The number of H-pyrrole nitrogens is 1. The Morgan fingerprint density at radius 1 is 0.486 bits per heavy atom. The van der Waals surface area contributed by atoms with Crippen molar-refractivity contribution in [2.45, 2.75) is 247 Å². The molecule has 0 bridgehead atoms. The van der Waals surface area contributed by atoms with Gasteiger partial charge in [-0.25, -0.2) is 39.5 Å². The number of imidazole rings is 5. The maximum Gasteiger partial charge on any atom is 0.258 e. The van der Waals surface area contributed by atoms with E-state index in [4.69, 9.17) is 18.0 Å². The number of aromatic hydroxyl groups is 1. The maximum absolute atomic E-state index is 12.8. The van der Waals surface area contributed by atoms with Gasteiger partial charge in [-0.1, -0.05) is 224 Å². The van der Waals surface area contributed by atoms with Crippen LogP contribution in [0.3, 0.4) is 0 Å². The Morgan fingerprint density at radius 2 is 0.848 bits per heavy atom. The van der Waals surface area contributed by atoms with Gasteiger partial charge in [0.2, 0.25) is 23.7 Å². The number of hydrogen-bond donors (Lipinski definition) is 6. The van der Waals surface area contributed by atoms with Gasteiger partial charge >= 0.3 is 0 Å². The first kappa shape index (κ1) is 106. The number of fused-ring (bicyclic) bond motifs is 2. The molecule has 724 valence electrons. The summed E-state index contributed by atoms with van der Waals surface area (Å²) < 4.78 is 10.3. The highest BCUT2D eigenvalue weighted by Gasteiger charge is 2.37. The van der Waals surface area contributed by atoms with E-state index < -0.39 is 0 Å². The molecule has 138 heavy (non-hydrogen) atoms. The Morgan fingerprint density at radius 3 is 1.21 bits per heavy atom. The number of phenolic OH excluding ortho intramolecular Hbond substituents is 1. The van der Waals surface area contributed by atoms with Gasteiger partial charge in [0.15, 0.2) is 11.5 Å². The Bertz CT molecular complexity index is 6460. The fourth-order valence-electron chi connectivity index (χ4n) is 18.0. The minimum atomic E-state index is -0.358. The summed E-state index contributed by atoms with van der Waals surface area (Å²) in [5, 5.41) is 18.2. The van der Waals surface area contributed by atoms with Crippen molar-refractivity contribution < 1.29 is 24.3 Å². The Kier molecular flexibility index (Phi) is 37.1. The fourth-order valence-corrected chi connectivity index (χ4v) is 18.3. The second-order valence-electron chi connectivity index (χ2n) is 40.0. The van der Waals surface area contributed by atoms with Gasteiger partial charge in [0.25, 0.3) is 5.91 Å². The zero-order valence-electron chi connectivity index (χ0n) is 84.8. The van der Waals surface area contributed by atoms with Gasteiger partial charge in [0.1, 0.15) is 27.9 Å². The molecule has 0 radical (unpaired) electrons. The fraction of sp³-hybridized carbons (Fsp3) is 0.363. The van der Waals surface area contributed by atoms with E-state index in [0.717, 1.165) is 96.1 Å². The third kappa shape index (κ3) is 30.0. The van der Waals surface area contributed by atoms with E-state index in [9.17, 15) is 24.3 Å². The Labute approximate surface area is 821 Å². The van der Waals surface area contributed by atoms with Crippen LogP contribution in [0.2, 0.25) is 0 Å². The molecule has 7 N–H and O–H groups in total. The predicted molar refractivity (Wildman–Crippen MR) is 566 cm³/mol. The lowest BCUT2D eigenvalue weighted by atomic mass is 9.71. The molecule has 5 aliphatic rings. The molecule has 0 spiro atoms. The topological polar surface area (TPSA) is 307 Å². The molecule has 8 heterocycles. The molecule has 0 saturated carbocycles. The highest BCUT2D eigenvalue weighted by Crippen LogP contribution is 2.50. The molecule has 13 rings (SSSR count). The first-order valence-electron chi connectivity index (χ1n) is 47.3. The predicted octanol–water partition coefficient (Wildman–Crippen LogP) is 25.9. The van der Waals surface area contributed by atoms with Crippen molar-refractivity contribution in [3.8, 4) is 5.75 Å². The summed E-state index contributed by atoms with van der Waals surface area (Å²) in [4.78, 5) is 90.0. The number of nitrogens with one attached hydrogen (secondary N) is 4. The van der Waals surface area contributed by atoms with Crippen LogP contribution in [0, 0.1) is 26.3 Å². The molecular weight excluding hydrogens is 1740 g/mol. The average molecular weight is 1880 g/mol. The molecule has 25 heteroatoms. The van der Waals surface area contributed by atoms with E-state index in [-0.39, 0.29) is 67.2 Å². The van der Waals surface area contributed by atoms with Crippen LogP contribution in [0.4, 0.5) is 23.1 Å². The van der Waals surface area contributed by atoms with Crippen LogP contribution in [0.5, 0.6) is 5.75 Å². The lowest BCUT2D eigenvalue weighted by molar-refractivity contribution is -0.118. The number of aromatic amines is 1. The van der Waals surface area contributed by atoms with Crippen molar-refractivity contribution in [1.29, 1.82) is 0 Å². The highest BCUT2D eigenvalue weighted by atomic mass is 32.1. The molecule has 1 aliphatic heterocycles. The number of nitrogens with zero attached hydrogens (tertiary/aromatic N) is 14. The minimum Gasteiger partial charge on any atom is -0.506 e. The Balaban J connectivity index is 0.000000190. The van der Waals surface area contributed by atoms with Gasteiger partial charge in [-0.3, -0.25) is 24.2 Å². The van der Waals surface area contributed by atoms with E-state index in [1.807, 2.05) is 178 Å². The number of rotatable bonds is 26. The number of amides is 3. The van der Waals surface area contributed by atoms with E-state index in [1.54, 1.807) is 36.6 Å². The molecule has 4 atom stereocenters. The zero-order valence-corrected chi connectivity index (χ0v) is 85.6. The average Bonchev–Trinajstić information content (AvgIpc) is 1.45. The van der Waals surface area contributed by atoms with Gasteiger partial charge in [-0.2, -0.15) is 4.98 Å². The van der Waals surface area contributed by atoms with Crippen LogP contribution in [0.1, 0.15) is 245 Å². The van der Waals surface area contributed by atoms with Crippen molar-refractivity contribution >= 4 is 76.4 Å². The van der Waals surface area contributed by atoms with Crippen molar-refractivity contribution in [2.24, 2.45) is 26.7 Å². The Hall–Kier alpha value is -13.9. The third-order valence-electron chi connectivity index (χ3n) is 25.7. The van der Waals surface area contributed by atoms with Crippen LogP contribution in [-0.4, -0.2) is 108 Å². The number of benzene rings is 1. The number of allylic oxidation sites excluding steroid dienone is 37. The number of nitrogens with two attached hydrogens (primary N) is 1. The number of nitrogen functional groups attached to an aromatic ring is 1. The van der Waals surface area contributed by atoms with Crippen LogP contribution >= 0.6 is 12.2 Å². The summed E-state index contributed by atoms with van der Waals surface area (Å²) in [5.74, 6) is -0.445. The summed E-state index contributed by atoms with van der Waals surface area (Å²) in [6.07, 6.45) is 85.1. The SMILES string of the molecule is CC1=C(/C=C/C(C)=C/C=C/C(C)=C/C(=O)NC(C)(C)C)C(C)(C)CCC1n1ccnc1.CC1=C(/C=C/C(C)=C/C=C/C(C)=C/C(=O)Nc2ccccc2O)C(C)(C)CCC1n1ccnc1.CC1=C(/C=C/C(C)=C/C=C/C(C)=C/C(=O)Nc2ncnc3c2N=CC3)C(C)(C)CCC1n1ccnc1.CC1=C(/C=C/C(C)=C/C=C/C(C)=C/C(=O)n2c(N)nc3nc[nH]c3c2=S)C(C)(C)CCC1n1ccnc1. The van der Waals surface area contributed by atoms with Gasteiger partial charge in [-0.05, 0) is 256 Å².